The Morgan fingerprint density at radius 1 is 1.14 bits per heavy atom. The molecule has 1 aromatic carbocycles. The van der Waals surface area contributed by atoms with E-state index in [-0.39, 0.29) is 22.5 Å². The summed E-state index contributed by atoms with van der Waals surface area (Å²) < 4.78 is 1.68. The predicted molar refractivity (Wildman–Crippen MR) is 111 cm³/mol. The van der Waals surface area contributed by atoms with Crippen LogP contribution in [0.2, 0.25) is 5.02 Å². The number of carbonyl (C=O) groups excluding carboxylic acids is 2. The summed E-state index contributed by atoms with van der Waals surface area (Å²) in [6.45, 7) is 4.18. The molecule has 0 saturated heterocycles. The molecule has 2 aromatic heterocycles. The fraction of sp³-hybridized carbons (Fsp3) is 0.238. The van der Waals surface area contributed by atoms with Crippen LogP contribution in [0.3, 0.4) is 0 Å². The van der Waals surface area contributed by atoms with Crippen molar-refractivity contribution in [1.82, 2.24) is 25.0 Å². The second-order valence-electron chi connectivity index (χ2n) is 6.78. The molecule has 2 heterocycles. The SMILES string of the molecule is CNC(=O)c1ccc(CN(C)C(=O)c2nc(-n3nc(C)cc3C)ccc2Cl)cc1. The van der Waals surface area contributed by atoms with Gasteiger partial charge in [-0.15, -0.1) is 0 Å². The van der Waals surface area contributed by atoms with Crippen LogP contribution in [0, 0.1) is 13.8 Å². The Balaban J connectivity index is 1.81. The topological polar surface area (TPSA) is 80.1 Å². The lowest BCUT2D eigenvalue weighted by molar-refractivity contribution is 0.0779. The third-order valence-electron chi connectivity index (χ3n) is 4.47. The highest BCUT2D eigenvalue weighted by molar-refractivity contribution is 6.33. The van der Waals surface area contributed by atoms with Crippen molar-refractivity contribution in [3.05, 3.63) is 75.7 Å². The molecule has 0 aliphatic rings. The molecule has 7 nitrogen and oxygen atoms in total. The zero-order chi connectivity index (χ0) is 21.1. The zero-order valence-electron chi connectivity index (χ0n) is 16.7. The third-order valence-corrected chi connectivity index (χ3v) is 4.78. The van der Waals surface area contributed by atoms with E-state index >= 15 is 0 Å². The van der Waals surface area contributed by atoms with Crippen LogP contribution in [0.5, 0.6) is 0 Å². The van der Waals surface area contributed by atoms with Gasteiger partial charge in [-0.05, 0) is 49.7 Å². The Bertz CT molecular complexity index is 1060. The Morgan fingerprint density at radius 3 is 2.41 bits per heavy atom. The molecule has 0 aliphatic heterocycles. The number of rotatable bonds is 5. The smallest absolute Gasteiger partial charge is 0.274 e. The van der Waals surface area contributed by atoms with Gasteiger partial charge in [-0.25, -0.2) is 9.67 Å². The number of halogens is 1. The maximum atomic E-state index is 13.0. The van der Waals surface area contributed by atoms with Gasteiger partial charge in [0.15, 0.2) is 5.82 Å². The molecule has 0 radical (unpaired) electrons. The summed E-state index contributed by atoms with van der Waals surface area (Å²) >= 11 is 6.26. The summed E-state index contributed by atoms with van der Waals surface area (Å²) in [4.78, 5) is 30.6. The van der Waals surface area contributed by atoms with Crippen molar-refractivity contribution >= 4 is 23.4 Å². The number of pyridine rings is 1. The Labute approximate surface area is 174 Å². The lowest BCUT2D eigenvalue weighted by Gasteiger charge is -2.18. The molecule has 0 fully saturated rings. The highest BCUT2D eigenvalue weighted by Gasteiger charge is 2.19. The predicted octanol–water partition coefficient (Wildman–Crippen LogP) is 3.17. The molecule has 29 heavy (non-hydrogen) atoms. The first-order valence-corrected chi connectivity index (χ1v) is 9.44. The van der Waals surface area contributed by atoms with Gasteiger partial charge in [0, 0.05) is 31.9 Å². The van der Waals surface area contributed by atoms with Gasteiger partial charge in [-0.2, -0.15) is 5.10 Å². The number of amides is 2. The maximum Gasteiger partial charge on any atom is 0.274 e. The number of aryl methyl sites for hydroxylation is 2. The fourth-order valence-corrected chi connectivity index (χ4v) is 3.18. The van der Waals surface area contributed by atoms with E-state index in [9.17, 15) is 9.59 Å². The molecule has 0 spiro atoms. The quantitative estimate of drug-likeness (QED) is 0.699. The molecular weight excluding hydrogens is 390 g/mol. The van der Waals surface area contributed by atoms with Crippen molar-refractivity contribution in [2.24, 2.45) is 0 Å². The van der Waals surface area contributed by atoms with Crippen LogP contribution in [0.25, 0.3) is 5.82 Å². The summed E-state index contributed by atoms with van der Waals surface area (Å²) in [6, 6.07) is 12.4. The summed E-state index contributed by atoms with van der Waals surface area (Å²) in [5.74, 6) is 0.0818. The van der Waals surface area contributed by atoms with E-state index in [1.807, 2.05) is 32.0 Å². The van der Waals surface area contributed by atoms with Crippen molar-refractivity contribution in [2.75, 3.05) is 14.1 Å². The van der Waals surface area contributed by atoms with E-state index in [1.165, 1.54) is 4.90 Å². The van der Waals surface area contributed by atoms with E-state index in [1.54, 1.807) is 43.0 Å². The Morgan fingerprint density at radius 2 is 1.83 bits per heavy atom. The average molecular weight is 412 g/mol. The molecule has 0 unspecified atom stereocenters. The van der Waals surface area contributed by atoms with Crippen molar-refractivity contribution < 1.29 is 9.59 Å². The van der Waals surface area contributed by atoms with E-state index in [4.69, 9.17) is 11.6 Å². The third kappa shape index (κ3) is 4.46. The molecule has 0 saturated carbocycles. The number of nitrogens with zero attached hydrogens (tertiary/aromatic N) is 4. The molecule has 150 valence electrons. The van der Waals surface area contributed by atoms with E-state index < -0.39 is 0 Å². The van der Waals surface area contributed by atoms with Crippen molar-refractivity contribution in [1.29, 1.82) is 0 Å². The zero-order valence-corrected chi connectivity index (χ0v) is 17.5. The second kappa shape index (κ2) is 8.45. The van der Waals surface area contributed by atoms with Gasteiger partial charge in [0.05, 0.1) is 10.7 Å². The standard InChI is InChI=1S/C21H22ClN5O2/c1-13-11-14(2)27(25-13)18-10-9-17(22)19(24-18)21(29)26(4)12-15-5-7-16(8-6-15)20(28)23-3/h5-11H,12H2,1-4H3,(H,23,28). The maximum absolute atomic E-state index is 13.0. The average Bonchev–Trinajstić information content (AvgIpc) is 3.05. The number of hydrogen-bond acceptors (Lipinski definition) is 4. The molecule has 1 N–H and O–H groups in total. The minimum Gasteiger partial charge on any atom is -0.355 e. The lowest BCUT2D eigenvalue weighted by atomic mass is 10.1. The summed E-state index contributed by atoms with van der Waals surface area (Å²) in [5, 5.41) is 7.26. The number of carbonyl (C=O) groups is 2. The van der Waals surface area contributed by atoms with Gasteiger partial charge < -0.3 is 10.2 Å². The number of benzene rings is 1. The highest BCUT2D eigenvalue weighted by Crippen LogP contribution is 2.20. The van der Waals surface area contributed by atoms with Gasteiger partial charge in [-0.3, -0.25) is 9.59 Å². The highest BCUT2D eigenvalue weighted by atomic mass is 35.5. The van der Waals surface area contributed by atoms with E-state index in [0.717, 1.165) is 17.0 Å². The molecule has 8 heteroatoms. The first kappa shape index (κ1) is 20.5. The second-order valence-corrected chi connectivity index (χ2v) is 7.18. The van der Waals surface area contributed by atoms with E-state index in [2.05, 4.69) is 15.4 Å². The summed E-state index contributed by atoms with van der Waals surface area (Å²) in [5.41, 5.74) is 3.40. The minimum absolute atomic E-state index is 0.155. The van der Waals surface area contributed by atoms with Crippen molar-refractivity contribution in [3.8, 4) is 5.82 Å². The number of hydrogen-bond donors (Lipinski definition) is 1. The first-order chi connectivity index (χ1) is 13.8. The monoisotopic (exact) mass is 411 g/mol. The van der Waals surface area contributed by atoms with Crippen LogP contribution < -0.4 is 5.32 Å². The van der Waals surface area contributed by atoms with Gasteiger partial charge in [-0.1, -0.05) is 23.7 Å². The van der Waals surface area contributed by atoms with Crippen LogP contribution in [0.4, 0.5) is 0 Å². The minimum atomic E-state index is -0.297. The molecular formula is C21H22ClN5O2. The van der Waals surface area contributed by atoms with Crippen LogP contribution in [0.15, 0.2) is 42.5 Å². The van der Waals surface area contributed by atoms with Crippen LogP contribution in [-0.4, -0.2) is 45.6 Å². The summed E-state index contributed by atoms with van der Waals surface area (Å²) in [6.07, 6.45) is 0. The number of aromatic nitrogens is 3. The normalized spacial score (nSPS) is 10.7. The molecule has 3 rings (SSSR count). The van der Waals surface area contributed by atoms with Crippen LogP contribution in [-0.2, 0) is 6.54 Å². The Hall–Kier alpha value is -3.19. The molecule has 2 amide bonds. The Kier molecular flexibility index (Phi) is 5.98. The van der Waals surface area contributed by atoms with Gasteiger partial charge in [0.25, 0.3) is 11.8 Å². The molecule has 0 aliphatic carbocycles. The van der Waals surface area contributed by atoms with Crippen LogP contribution >= 0.6 is 11.6 Å². The van der Waals surface area contributed by atoms with Gasteiger partial charge >= 0.3 is 0 Å². The van der Waals surface area contributed by atoms with Gasteiger partial charge in [0.1, 0.15) is 5.69 Å². The molecule has 0 bridgehead atoms. The van der Waals surface area contributed by atoms with Crippen molar-refractivity contribution in [3.63, 3.8) is 0 Å². The lowest BCUT2D eigenvalue weighted by Crippen LogP contribution is -2.27. The first-order valence-electron chi connectivity index (χ1n) is 9.07. The van der Waals surface area contributed by atoms with Gasteiger partial charge in [0.2, 0.25) is 0 Å². The molecule has 3 aromatic rings. The number of nitrogens with one attached hydrogen (secondary N) is 1. The fourth-order valence-electron chi connectivity index (χ4n) is 2.99. The van der Waals surface area contributed by atoms with Crippen molar-refractivity contribution in [2.45, 2.75) is 20.4 Å². The van der Waals surface area contributed by atoms with E-state index in [0.29, 0.717) is 17.9 Å². The summed E-state index contributed by atoms with van der Waals surface area (Å²) in [7, 11) is 3.27. The largest absolute Gasteiger partial charge is 0.355 e. The molecule has 0 atom stereocenters. The van der Waals surface area contributed by atoms with Crippen LogP contribution in [0.1, 0.15) is 37.8 Å².